The molecule has 0 aromatic carbocycles. The molecule has 0 bridgehead atoms. The van der Waals surface area contributed by atoms with Gasteiger partial charge in [-0.05, 0) is 38.7 Å². The van der Waals surface area contributed by atoms with Gasteiger partial charge in [0, 0.05) is 0 Å². The summed E-state index contributed by atoms with van der Waals surface area (Å²) in [6.07, 6.45) is 4.00. The molecule has 4 nitrogen and oxygen atoms in total. The normalized spacial score (nSPS) is 18.5. The monoisotopic (exact) mass is 202 g/mol. The number of hydrogen-bond donors (Lipinski definition) is 0. The maximum absolute atomic E-state index is 11.3. The van der Waals surface area contributed by atoms with Crippen molar-refractivity contribution in [3.63, 3.8) is 0 Å². The molecule has 0 saturated heterocycles. The summed E-state index contributed by atoms with van der Waals surface area (Å²) in [5.41, 5.74) is -0.462. The van der Waals surface area contributed by atoms with Crippen LogP contribution in [0.15, 0.2) is 0 Å². The maximum Gasteiger partial charge on any atom is 0.348 e. The third kappa shape index (κ3) is 4.07. The molecular formula is C10H18O4. The smallest absolute Gasteiger partial charge is 0.269 e. The van der Waals surface area contributed by atoms with Crippen LogP contribution in [0.1, 0.15) is 46.5 Å². The van der Waals surface area contributed by atoms with Crippen molar-refractivity contribution in [1.29, 1.82) is 0 Å². The van der Waals surface area contributed by atoms with E-state index in [0.717, 1.165) is 25.7 Å². The van der Waals surface area contributed by atoms with Gasteiger partial charge in [0.25, 0.3) is 0 Å². The first-order valence-electron chi connectivity index (χ1n) is 5.05. The zero-order valence-corrected chi connectivity index (χ0v) is 9.04. The van der Waals surface area contributed by atoms with Crippen LogP contribution in [0.5, 0.6) is 0 Å². The topological polar surface area (TPSA) is 44.8 Å². The van der Waals surface area contributed by atoms with E-state index >= 15 is 0 Å². The fourth-order valence-corrected chi connectivity index (χ4v) is 1.38. The van der Waals surface area contributed by atoms with Gasteiger partial charge in [-0.15, -0.1) is 0 Å². The van der Waals surface area contributed by atoms with E-state index in [2.05, 4.69) is 9.93 Å². The van der Waals surface area contributed by atoms with Crippen LogP contribution in [0.25, 0.3) is 0 Å². The fraction of sp³-hybridized carbons (Fsp3) is 0.900. The number of rotatable bonds is 3. The third-order valence-electron chi connectivity index (χ3n) is 2.09. The van der Waals surface area contributed by atoms with E-state index in [9.17, 15) is 4.79 Å². The second kappa shape index (κ2) is 4.75. The molecule has 1 fully saturated rings. The van der Waals surface area contributed by atoms with E-state index < -0.39 is 5.60 Å². The quantitative estimate of drug-likeness (QED) is 0.520. The lowest BCUT2D eigenvalue weighted by atomic mass is 10.1. The van der Waals surface area contributed by atoms with Crippen LogP contribution >= 0.6 is 0 Å². The molecule has 1 aliphatic carbocycles. The minimum absolute atomic E-state index is 0.00133. The Bertz CT molecular complexity index is 189. The summed E-state index contributed by atoms with van der Waals surface area (Å²) >= 11 is 0. The van der Waals surface area contributed by atoms with Crippen molar-refractivity contribution in [2.75, 3.05) is 0 Å². The van der Waals surface area contributed by atoms with Crippen molar-refractivity contribution in [3.8, 4) is 0 Å². The zero-order valence-electron chi connectivity index (χ0n) is 9.04. The largest absolute Gasteiger partial charge is 0.348 e. The first-order chi connectivity index (χ1) is 6.49. The molecule has 0 spiro atoms. The van der Waals surface area contributed by atoms with Crippen molar-refractivity contribution in [1.82, 2.24) is 0 Å². The zero-order chi connectivity index (χ0) is 10.6. The van der Waals surface area contributed by atoms with E-state index in [1.807, 2.05) is 20.8 Å². The maximum atomic E-state index is 11.3. The van der Waals surface area contributed by atoms with Crippen molar-refractivity contribution >= 4 is 5.97 Å². The average Bonchev–Trinajstić information content (AvgIpc) is 2.53. The molecule has 0 aromatic heterocycles. The van der Waals surface area contributed by atoms with Crippen LogP contribution < -0.4 is 0 Å². The van der Waals surface area contributed by atoms with Gasteiger partial charge in [-0.2, -0.15) is 4.89 Å². The molecule has 4 heteroatoms. The predicted octanol–water partition coefficient (Wildman–Crippen LogP) is 2.38. The Kier molecular flexibility index (Phi) is 3.89. The molecule has 0 radical (unpaired) electrons. The summed E-state index contributed by atoms with van der Waals surface area (Å²) in [7, 11) is 0. The van der Waals surface area contributed by atoms with E-state index in [0.29, 0.717) is 0 Å². The van der Waals surface area contributed by atoms with Gasteiger partial charge < -0.3 is 0 Å². The average molecular weight is 202 g/mol. The Morgan fingerprint density at radius 3 is 2.29 bits per heavy atom. The van der Waals surface area contributed by atoms with E-state index in [1.54, 1.807) is 0 Å². The first-order valence-corrected chi connectivity index (χ1v) is 5.05. The summed E-state index contributed by atoms with van der Waals surface area (Å²) in [5, 5.41) is 4.42. The molecule has 1 saturated carbocycles. The Morgan fingerprint density at radius 2 is 1.79 bits per heavy atom. The minimum Gasteiger partial charge on any atom is -0.269 e. The summed E-state index contributed by atoms with van der Waals surface area (Å²) in [4.78, 5) is 20.7. The van der Waals surface area contributed by atoms with Crippen LogP contribution in [0.4, 0.5) is 0 Å². The molecular weight excluding hydrogens is 184 g/mol. The molecule has 82 valence electrons. The highest BCUT2D eigenvalue weighted by molar-refractivity contribution is 5.71. The van der Waals surface area contributed by atoms with Gasteiger partial charge in [-0.1, -0.05) is 12.8 Å². The lowest BCUT2D eigenvalue weighted by Gasteiger charge is -2.16. The van der Waals surface area contributed by atoms with Gasteiger partial charge in [0.1, 0.15) is 0 Å². The van der Waals surface area contributed by atoms with Crippen LogP contribution in [-0.4, -0.2) is 11.6 Å². The Labute approximate surface area is 84.4 Å². The second-order valence-electron chi connectivity index (χ2n) is 4.65. The van der Waals surface area contributed by atoms with Crippen molar-refractivity contribution in [2.24, 2.45) is 5.92 Å². The molecule has 0 N–H and O–H groups in total. The molecule has 0 heterocycles. The molecule has 0 atom stereocenters. The van der Waals surface area contributed by atoms with Crippen molar-refractivity contribution in [3.05, 3.63) is 0 Å². The Hall–Kier alpha value is -0.610. The number of hydrogen-bond acceptors (Lipinski definition) is 4. The number of carbonyl (C=O) groups is 1. The molecule has 1 aliphatic rings. The summed E-state index contributed by atoms with van der Waals surface area (Å²) in [5.74, 6) is -0.315. The van der Waals surface area contributed by atoms with Gasteiger partial charge in [-0.3, -0.25) is 4.89 Å². The van der Waals surface area contributed by atoms with Crippen molar-refractivity contribution < 1.29 is 19.6 Å². The molecule has 0 unspecified atom stereocenters. The van der Waals surface area contributed by atoms with Crippen LogP contribution in [-0.2, 0) is 19.6 Å². The highest BCUT2D eigenvalue weighted by Gasteiger charge is 2.25. The van der Waals surface area contributed by atoms with Crippen molar-refractivity contribution in [2.45, 2.75) is 52.1 Å². The van der Waals surface area contributed by atoms with Gasteiger partial charge in [0.05, 0.1) is 11.5 Å². The number of carbonyl (C=O) groups excluding carboxylic acids is 1. The van der Waals surface area contributed by atoms with Crippen LogP contribution in [0.2, 0.25) is 0 Å². The molecule has 1 rings (SSSR count). The van der Waals surface area contributed by atoms with Gasteiger partial charge in [0.15, 0.2) is 0 Å². The standard InChI is InChI=1S/C10H18O4/c1-10(2,3)13-14-12-9(11)8-6-4-5-7-8/h8H,4-7H2,1-3H3. The summed E-state index contributed by atoms with van der Waals surface area (Å²) in [6, 6.07) is 0. The minimum atomic E-state index is -0.462. The van der Waals surface area contributed by atoms with Gasteiger partial charge in [-0.25, -0.2) is 4.79 Å². The first kappa shape index (κ1) is 11.5. The molecule has 0 amide bonds. The predicted molar refractivity (Wildman–Crippen MR) is 50.0 cm³/mol. The highest BCUT2D eigenvalue weighted by atomic mass is 17.5. The van der Waals surface area contributed by atoms with E-state index in [-0.39, 0.29) is 11.9 Å². The second-order valence-corrected chi connectivity index (χ2v) is 4.65. The Morgan fingerprint density at radius 1 is 1.21 bits per heavy atom. The van der Waals surface area contributed by atoms with Crippen LogP contribution in [0.3, 0.4) is 0 Å². The fourth-order valence-electron chi connectivity index (χ4n) is 1.38. The molecule has 14 heavy (non-hydrogen) atoms. The lowest BCUT2D eigenvalue weighted by Crippen LogP contribution is -2.22. The van der Waals surface area contributed by atoms with Gasteiger partial charge in [0.2, 0.25) is 0 Å². The van der Waals surface area contributed by atoms with Gasteiger partial charge >= 0.3 is 5.97 Å². The molecule has 0 aliphatic heterocycles. The van der Waals surface area contributed by atoms with E-state index in [4.69, 9.17) is 4.89 Å². The summed E-state index contributed by atoms with van der Waals surface area (Å²) < 4.78 is 0. The Balaban J connectivity index is 2.15. The summed E-state index contributed by atoms with van der Waals surface area (Å²) in [6.45, 7) is 5.45. The lowest BCUT2D eigenvalue weighted by molar-refractivity contribution is -0.515. The molecule has 0 aromatic rings. The van der Waals surface area contributed by atoms with Crippen LogP contribution in [0, 0.1) is 5.92 Å². The highest BCUT2D eigenvalue weighted by Crippen LogP contribution is 2.25. The third-order valence-corrected chi connectivity index (χ3v) is 2.09. The van der Waals surface area contributed by atoms with E-state index in [1.165, 1.54) is 0 Å². The SMILES string of the molecule is CC(C)(C)OOOC(=O)C1CCCC1.